The van der Waals surface area contributed by atoms with Crippen LogP contribution in [0.15, 0.2) is 24.3 Å². The highest BCUT2D eigenvalue weighted by atomic mass is 16.5. The molecule has 0 spiro atoms. The molecule has 1 aliphatic rings. The molecular formula is C16H21NO4. The van der Waals surface area contributed by atoms with Gasteiger partial charge in [-0.25, -0.2) is 0 Å². The molecule has 0 fully saturated rings. The van der Waals surface area contributed by atoms with Gasteiger partial charge in [-0.15, -0.1) is 0 Å². The van der Waals surface area contributed by atoms with Gasteiger partial charge < -0.3 is 14.8 Å². The summed E-state index contributed by atoms with van der Waals surface area (Å²) in [4.78, 5) is 23.2. The Kier molecular flexibility index (Phi) is 5.60. The second kappa shape index (κ2) is 7.67. The molecule has 1 N–H and O–H groups in total. The second-order valence-electron chi connectivity index (χ2n) is 5.02. The summed E-state index contributed by atoms with van der Waals surface area (Å²) in [7, 11) is 0. The molecule has 0 aromatic heterocycles. The molecule has 0 bridgehead atoms. The van der Waals surface area contributed by atoms with E-state index >= 15 is 0 Å². The number of benzene rings is 1. The molecule has 2 rings (SSSR count). The molecular weight excluding hydrogens is 270 g/mol. The largest absolute Gasteiger partial charge is 0.492 e. The van der Waals surface area contributed by atoms with E-state index in [-0.39, 0.29) is 17.8 Å². The van der Waals surface area contributed by atoms with Crippen LogP contribution in [0.2, 0.25) is 0 Å². The molecule has 21 heavy (non-hydrogen) atoms. The lowest BCUT2D eigenvalue weighted by atomic mass is 9.96. The summed E-state index contributed by atoms with van der Waals surface area (Å²) in [5.74, 6) is 0.460. The Balaban J connectivity index is 1.71. The maximum atomic E-state index is 12.1. The molecule has 1 aliphatic heterocycles. The molecule has 0 radical (unpaired) electrons. The highest BCUT2D eigenvalue weighted by Gasteiger charge is 2.25. The molecule has 1 unspecified atom stereocenters. The Hall–Kier alpha value is -2.04. The number of ether oxygens (including phenoxy) is 2. The van der Waals surface area contributed by atoms with Gasteiger partial charge in [0.25, 0.3) is 0 Å². The van der Waals surface area contributed by atoms with Crippen LogP contribution in [0.4, 0.5) is 0 Å². The van der Waals surface area contributed by atoms with Gasteiger partial charge in [0.05, 0.1) is 12.5 Å². The van der Waals surface area contributed by atoms with Crippen molar-refractivity contribution < 1.29 is 19.1 Å². The maximum absolute atomic E-state index is 12.1. The first kappa shape index (κ1) is 15.4. The minimum atomic E-state index is -0.221. The number of hydrogen-bond donors (Lipinski definition) is 1. The number of fused-ring (bicyclic) bond motifs is 1. The average molecular weight is 291 g/mol. The van der Waals surface area contributed by atoms with Crippen LogP contribution in [0.25, 0.3) is 0 Å². The van der Waals surface area contributed by atoms with E-state index < -0.39 is 0 Å². The molecule has 1 amide bonds. The molecule has 5 heteroatoms. The topological polar surface area (TPSA) is 64.6 Å². The van der Waals surface area contributed by atoms with E-state index in [0.717, 1.165) is 11.3 Å². The van der Waals surface area contributed by atoms with Gasteiger partial charge in [-0.05, 0) is 31.4 Å². The van der Waals surface area contributed by atoms with E-state index in [1.165, 1.54) is 0 Å². The van der Waals surface area contributed by atoms with Gasteiger partial charge in [0.2, 0.25) is 5.91 Å². The third-order valence-corrected chi connectivity index (χ3v) is 3.41. The van der Waals surface area contributed by atoms with Crippen LogP contribution in [-0.4, -0.2) is 31.6 Å². The lowest BCUT2D eigenvalue weighted by Gasteiger charge is -2.24. The number of nitrogens with one attached hydrogen (secondary N) is 1. The normalized spacial score (nSPS) is 16.5. The summed E-state index contributed by atoms with van der Waals surface area (Å²) in [6.45, 7) is 3.06. The average Bonchev–Trinajstić information content (AvgIpc) is 2.51. The highest BCUT2D eigenvalue weighted by Crippen LogP contribution is 2.26. The molecule has 1 aromatic carbocycles. The van der Waals surface area contributed by atoms with Crippen molar-refractivity contribution in [2.75, 3.05) is 19.8 Å². The number of para-hydroxylation sites is 1. The third kappa shape index (κ3) is 4.48. The fourth-order valence-electron chi connectivity index (χ4n) is 2.32. The van der Waals surface area contributed by atoms with E-state index in [9.17, 15) is 9.59 Å². The van der Waals surface area contributed by atoms with Crippen molar-refractivity contribution in [1.82, 2.24) is 5.32 Å². The number of hydrogen-bond acceptors (Lipinski definition) is 4. The van der Waals surface area contributed by atoms with Crippen molar-refractivity contribution in [3.63, 3.8) is 0 Å². The van der Waals surface area contributed by atoms with Gasteiger partial charge >= 0.3 is 5.97 Å². The molecule has 114 valence electrons. The van der Waals surface area contributed by atoms with Crippen LogP contribution in [-0.2, 0) is 20.7 Å². The van der Waals surface area contributed by atoms with Crippen LogP contribution in [0.3, 0.4) is 0 Å². The summed E-state index contributed by atoms with van der Waals surface area (Å²) in [5, 5.41) is 2.85. The second-order valence-corrected chi connectivity index (χ2v) is 5.02. The molecule has 0 aliphatic carbocycles. The van der Waals surface area contributed by atoms with Gasteiger partial charge in [-0.3, -0.25) is 9.59 Å². The zero-order chi connectivity index (χ0) is 15.1. The van der Waals surface area contributed by atoms with Crippen molar-refractivity contribution in [2.45, 2.75) is 26.2 Å². The van der Waals surface area contributed by atoms with Gasteiger partial charge in [0, 0.05) is 13.0 Å². The highest BCUT2D eigenvalue weighted by molar-refractivity contribution is 5.79. The van der Waals surface area contributed by atoms with Crippen molar-refractivity contribution >= 4 is 11.9 Å². The molecule has 1 heterocycles. The summed E-state index contributed by atoms with van der Waals surface area (Å²) in [6.07, 6.45) is 1.62. The van der Waals surface area contributed by atoms with E-state index in [1.54, 1.807) is 6.92 Å². The zero-order valence-electron chi connectivity index (χ0n) is 12.3. The maximum Gasteiger partial charge on any atom is 0.305 e. The van der Waals surface area contributed by atoms with Crippen molar-refractivity contribution in [1.29, 1.82) is 0 Å². The number of amides is 1. The quantitative estimate of drug-likeness (QED) is 0.640. The standard InChI is InChI=1S/C16H21NO4/c1-2-20-15(18)8-5-9-17-16(19)13-10-12-6-3-4-7-14(12)21-11-13/h3-4,6-7,13H,2,5,8-11H2,1H3,(H,17,19). The Morgan fingerprint density at radius 3 is 3.00 bits per heavy atom. The summed E-state index contributed by atoms with van der Waals surface area (Å²) in [5.41, 5.74) is 1.07. The van der Waals surface area contributed by atoms with Crippen LogP contribution >= 0.6 is 0 Å². The van der Waals surface area contributed by atoms with Gasteiger partial charge in [0.15, 0.2) is 0 Å². The summed E-state index contributed by atoms with van der Waals surface area (Å²) < 4.78 is 10.4. The summed E-state index contributed by atoms with van der Waals surface area (Å²) >= 11 is 0. The lowest BCUT2D eigenvalue weighted by molar-refractivity contribution is -0.143. The SMILES string of the molecule is CCOC(=O)CCCNC(=O)C1COc2ccccc2C1. The monoisotopic (exact) mass is 291 g/mol. The Labute approximate surface area is 124 Å². The minimum Gasteiger partial charge on any atom is -0.492 e. The van der Waals surface area contributed by atoms with Crippen LogP contribution in [0, 0.1) is 5.92 Å². The predicted molar refractivity (Wildman–Crippen MR) is 78.0 cm³/mol. The molecule has 0 saturated carbocycles. The van der Waals surface area contributed by atoms with Crippen molar-refractivity contribution in [3.8, 4) is 5.75 Å². The van der Waals surface area contributed by atoms with Crippen molar-refractivity contribution in [3.05, 3.63) is 29.8 Å². The first-order chi connectivity index (χ1) is 10.2. The molecule has 0 saturated heterocycles. The number of rotatable bonds is 6. The zero-order valence-corrected chi connectivity index (χ0v) is 12.3. The van der Waals surface area contributed by atoms with Crippen molar-refractivity contribution in [2.24, 2.45) is 5.92 Å². The first-order valence-corrected chi connectivity index (χ1v) is 7.34. The van der Waals surface area contributed by atoms with Gasteiger partial charge in [-0.2, -0.15) is 0 Å². The van der Waals surface area contributed by atoms with Crippen LogP contribution < -0.4 is 10.1 Å². The fourth-order valence-corrected chi connectivity index (χ4v) is 2.32. The number of carbonyl (C=O) groups excluding carboxylic acids is 2. The molecule has 5 nitrogen and oxygen atoms in total. The third-order valence-electron chi connectivity index (χ3n) is 3.41. The van der Waals surface area contributed by atoms with Gasteiger partial charge in [-0.1, -0.05) is 18.2 Å². The Morgan fingerprint density at radius 2 is 2.19 bits per heavy atom. The van der Waals surface area contributed by atoms with Gasteiger partial charge in [0.1, 0.15) is 12.4 Å². The van der Waals surface area contributed by atoms with E-state index in [2.05, 4.69) is 5.32 Å². The molecule has 1 aromatic rings. The van der Waals surface area contributed by atoms with Crippen LogP contribution in [0.5, 0.6) is 5.75 Å². The Bertz CT molecular complexity index is 501. The Morgan fingerprint density at radius 1 is 1.38 bits per heavy atom. The number of esters is 1. The smallest absolute Gasteiger partial charge is 0.305 e. The summed E-state index contributed by atoms with van der Waals surface area (Å²) in [6, 6.07) is 7.77. The van der Waals surface area contributed by atoms with Crippen LogP contribution in [0.1, 0.15) is 25.3 Å². The predicted octanol–water partition coefficient (Wildman–Crippen LogP) is 1.70. The first-order valence-electron chi connectivity index (χ1n) is 7.34. The fraction of sp³-hybridized carbons (Fsp3) is 0.500. The lowest BCUT2D eigenvalue weighted by Crippen LogP contribution is -2.37. The molecule has 1 atom stereocenters. The van der Waals surface area contributed by atoms with E-state index in [0.29, 0.717) is 39.0 Å². The minimum absolute atomic E-state index is 0.0200. The van der Waals surface area contributed by atoms with E-state index in [1.807, 2.05) is 24.3 Å². The number of carbonyl (C=O) groups is 2. The van der Waals surface area contributed by atoms with E-state index in [4.69, 9.17) is 9.47 Å².